The molecule has 0 spiro atoms. The van der Waals surface area contributed by atoms with Crippen LogP contribution in [0.25, 0.3) is 0 Å². The highest BCUT2D eigenvalue weighted by Gasteiger charge is 2.27. The number of hydrogen-bond donors (Lipinski definition) is 1. The SMILES string of the molecule is CCCOc1ccccc1C(C)(N)c1ccc(C)c(F)c1. The molecule has 0 saturated carbocycles. The molecule has 1 atom stereocenters. The van der Waals surface area contributed by atoms with Crippen LogP contribution < -0.4 is 10.5 Å². The standard InChI is InChI=1S/C18H22FNO/c1-4-11-21-17-8-6-5-7-15(17)18(3,20)14-10-9-13(2)16(19)12-14/h5-10,12H,4,11,20H2,1-3H3. The van der Waals surface area contributed by atoms with E-state index in [1.54, 1.807) is 13.0 Å². The van der Waals surface area contributed by atoms with E-state index in [0.29, 0.717) is 12.2 Å². The minimum Gasteiger partial charge on any atom is -0.493 e. The molecule has 0 saturated heterocycles. The number of halogens is 1. The van der Waals surface area contributed by atoms with Crippen LogP contribution in [0.1, 0.15) is 37.0 Å². The van der Waals surface area contributed by atoms with Crippen LogP contribution in [-0.2, 0) is 5.54 Å². The van der Waals surface area contributed by atoms with Crippen molar-refractivity contribution in [2.45, 2.75) is 32.7 Å². The third-order valence-corrected chi connectivity index (χ3v) is 3.68. The number of aryl methyl sites for hydroxylation is 1. The summed E-state index contributed by atoms with van der Waals surface area (Å²) in [5, 5.41) is 0. The summed E-state index contributed by atoms with van der Waals surface area (Å²) in [5.41, 5.74) is 7.91. The van der Waals surface area contributed by atoms with Gasteiger partial charge in [-0.3, -0.25) is 0 Å². The van der Waals surface area contributed by atoms with Crippen LogP contribution in [-0.4, -0.2) is 6.61 Å². The smallest absolute Gasteiger partial charge is 0.126 e. The van der Waals surface area contributed by atoms with Crippen LogP contribution in [0.5, 0.6) is 5.75 Å². The molecule has 0 bridgehead atoms. The summed E-state index contributed by atoms with van der Waals surface area (Å²) in [6.45, 7) is 6.31. The average Bonchev–Trinajstić information content (AvgIpc) is 2.48. The Labute approximate surface area is 125 Å². The maximum atomic E-state index is 13.8. The molecule has 3 heteroatoms. The molecule has 2 N–H and O–H groups in total. The van der Waals surface area contributed by atoms with Gasteiger partial charge in [-0.2, -0.15) is 0 Å². The van der Waals surface area contributed by atoms with Crippen molar-refractivity contribution in [2.24, 2.45) is 5.73 Å². The van der Waals surface area contributed by atoms with Gasteiger partial charge in [-0.1, -0.05) is 37.3 Å². The highest BCUT2D eigenvalue weighted by atomic mass is 19.1. The first-order chi connectivity index (χ1) is 9.96. The lowest BCUT2D eigenvalue weighted by Gasteiger charge is -2.28. The fourth-order valence-electron chi connectivity index (χ4n) is 2.30. The van der Waals surface area contributed by atoms with Crippen LogP contribution in [0.4, 0.5) is 4.39 Å². The van der Waals surface area contributed by atoms with Crippen molar-refractivity contribution in [3.63, 3.8) is 0 Å². The number of ether oxygens (including phenoxy) is 1. The van der Waals surface area contributed by atoms with Crippen molar-refractivity contribution < 1.29 is 9.13 Å². The maximum absolute atomic E-state index is 13.8. The van der Waals surface area contributed by atoms with E-state index in [4.69, 9.17) is 10.5 Å². The lowest BCUT2D eigenvalue weighted by molar-refractivity contribution is 0.309. The second-order valence-electron chi connectivity index (χ2n) is 5.51. The Balaban J connectivity index is 2.45. The predicted octanol–water partition coefficient (Wildman–Crippen LogP) is 4.15. The van der Waals surface area contributed by atoms with Gasteiger partial charge in [0, 0.05) is 5.56 Å². The molecule has 0 radical (unpaired) electrons. The molecule has 2 rings (SSSR count). The predicted molar refractivity (Wildman–Crippen MR) is 84.0 cm³/mol. The van der Waals surface area contributed by atoms with E-state index < -0.39 is 5.54 Å². The zero-order valence-corrected chi connectivity index (χ0v) is 12.8. The molecule has 0 heterocycles. The summed E-state index contributed by atoms with van der Waals surface area (Å²) >= 11 is 0. The summed E-state index contributed by atoms with van der Waals surface area (Å²) in [4.78, 5) is 0. The molecule has 0 aliphatic carbocycles. The van der Waals surface area contributed by atoms with E-state index in [2.05, 4.69) is 6.92 Å². The molecular weight excluding hydrogens is 265 g/mol. The van der Waals surface area contributed by atoms with Gasteiger partial charge >= 0.3 is 0 Å². The number of hydrogen-bond acceptors (Lipinski definition) is 2. The van der Waals surface area contributed by atoms with Crippen LogP contribution in [0.3, 0.4) is 0 Å². The minimum atomic E-state index is -0.807. The number of para-hydroxylation sites is 1. The molecule has 0 aliphatic heterocycles. The minimum absolute atomic E-state index is 0.240. The fraction of sp³-hybridized carbons (Fsp3) is 0.333. The van der Waals surface area contributed by atoms with Crippen molar-refractivity contribution >= 4 is 0 Å². The van der Waals surface area contributed by atoms with Crippen molar-refractivity contribution in [2.75, 3.05) is 6.61 Å². The Morgan fingerprint density at radius 2 is 1.90 bits per heavy atom. The van der Waals surface area contributed by atoms with Crippen molar-refractivity contribution in [1.29, 1.82) is 0 Å². The van der Waals surface area contributed by atoms with E-state index in [0.717, 1.165) is 23.3 Å². The van der Waals surface area contributed by atoms with Gasteiger partial charge < -0.3 is 10.5 Å². The van der Waals surface area contributed by atoms with Gasteiger partial charge in [-0.15, -0.1) is 0 Å². The molecule has 2 aromatic rings. The number of benzene rings is 2. The summed E-state index contributed by atoms with van der Waals surface area (Å²) in [5.74, 6) is 0.515. The Morgan fingerprint density at radius 1 is 1.19 bits per heavy atom. The molecule has 0 fully saturated rings. The van der Waals surface area contributed by atoms with Gasteiger partial charge in [0.2, 0.25) is 0 Å². The van der Waals surface area contributed by atoms with E-state index in [9.17, 15) is 4.39 Å². The van der Waals surface area contributed by atoms with Gasteiger partial charge in [-0.05, 0) is 43.5 Å². The Kier molecular flexibility index (Phi) is 4.63. The third-order valence-electron chi connectivity index (χ3n) is 3.68. The highest BCUT2D eigenvalue weighted by Crippen LogP contribution is 2.34. The highest BCUT2D eigenvalue weighted by molar-refractivity contribution is 5.46. The average molecular weight is 287 g/mol. The van der Waals surface area contributed by atoms with Crippen molar-refractivity contribution in [3.8, 4) is 5.75 Å². The second kappa shape index (κ2) is 6.27. The largest absolute Gasteiger partial charge is 0.493 e. The van der Waals surface area contributed by atoms with Crippen molar-refractivity contribution in [1.82, 2.24) is 0 Å². The first kappa shape index (κ1) is 15.5. The molecular formula is C18H22FNO. The van der Waals surface area contributed by atoms with E-state index >= 15 is 0 Å². The first-order valence-electron chi connectivity index (χ1n) is 7.24. The summed E-state index contributed by atoms with van der Waals surface area (Å²) in [6, 6.07) is 12.8. The lowest BCUT2D eigenvalue weighted by Crippen LogP contribution is -2.35. The number of nitrogens with two attached hydrogens (primary N) is 1. The molecule has 0 amide bonds. The molecule has 1 unspecified atom stereocenters. The summed E-state index contributed by atoms with van der Waals surface area (Å²) in [6.07, 6.45) is 0.925. The number of rotatable bonds is 5. The van der Waals surface area contributed by atoms with E-state index in [1.165, 1.54) is 6.07 Å². The topological polar surface area (TPSA) is 35.2 Å². The Morgan fingerprint density at radius 3 is 2.57 bits per heavy atom. The monoisotopic (exact) mass is 287 g/mol. The second-order valence-corrected chi connectivity index (χ2v) is 5.51. The van der Waals surface area contributed by atoms with Crippen LogP contribution in [0.2, 0.25) is 0 Å². The summed E-state index contributed by atoms with van der Waals surface area (Å²) in [7, 11) is 0. The molecule has 0 aromatic heterocycles. The molecule has 0 aliphatic rings. The van der Waals surface area contributed by atoms with Crippen LogP contribution in [0.15, 0.2) is 42.5 Å². The first-order valence-corrected chi connectivity index (χ1v) is 7.24. The van der Waals surface area contributed by atoms with Crippen LogP contribution in [0, 0.1) is 12.7 Å². The van der Waals surface area contributed by atoms with Gasteiger partial charge in [0.1, 0.15) is 11.6 Å². The van der Waals surface area contributed by atoms with Crippen molar-refractivity contribution in [3.05, 3.63) is 65.0 Å². The maximum Gasteiger partial charge on any atom is 0.126 e. The zero-order chi connectivity index (χ0) is 15.5. The van der Waals surface area contributed by atoms with Gasteiger partial charge in [0.25, 0.3) is 0 Å². The quantitative estimate of drug-likeness (QED) is 0.896. The van der Waals surface area contributed by atoms with Crippen LogP contribution >= 0.6 is 0 Å². The molecule has 21 heavy (non-hydrogen) atoms. The van der Waals surface area contributed by atoms with Gasteiger partial charge in [0.15, 0.2) is 0 Å². The lowest BCUT2D eigenvalue weighted by atomic mass is 9.84. The fourth-order valence-corrected chi connectivity index (χ4v) is 2.30. The summed E-state index contributed by atoms with van der Waals surface area (Å²) < 4.78 is 19.6. The van der Waals surface area contributed by atoms with E-state index in [1.807, 2.05) is 37.3 Å². The molecule has 2 nitrogen and oxygen atoms in total. The normalized spacial score (nSPS) is 13.8. The Bertz CT molecular complexity index is 622. The zero-order valence-electron chi connectivity index (χ0n) is 12.8. The van der Waals surface area contributed by atoms with Gasteiger partial charge in [-0.25, -0.2) is 4.39 Å². The Hall–Kier alpha value is -1.87. The molecule has 112 valence electrons. The van der Waals surface area contributed by atoms with E-state index in [-0.39, 0.29) is 5.82 Å². The third kappa shape index (κ3) is 3.24. The molecule has 2 aromatic carbocycles. The van der Waals surface area contributed by atoms with Gasteiger partial charge in [0.05, 0.1) is 12.1 Å².